The third-order valence-electron chi connectivity index (χ3n) is 16.1. The van der Waals surface area contributed by atoms with Crippen LogP contribution in [-0.2, 0) is 192 Å². The van der Waals surface area contributed by atoms with E-state index in [4.69, 9.17) is 125 Å². The molecular formula is C78H118O47. The van der Waals surface area contributed by atoms with Crippen LogP contribution in [0.15, 0.2) is 30.3 Å². The number of unbranched alkanes of at least 4 members (excludes halogenated alkanes) is 1. The van der Waals surface area contributed by atoms with Crippen molar-refractivity contribution in [2.45, 2.75) is 291 Å². The van der Waals surface area contributed by atoms with Crippen LogP contribution in [0.3, 0.4) is 0 Å². The third-order valence-corrected chi connectivity index (χ3v) is 16.1. The van der Waals surface area contributed by atoms with Gasteiger partial charge in [0.2, 0.25) is 0 Å². The molecule has 712 valence electrons. The van der Waals surface area contributed by atoms with Gasteiger partial charge in [-0.3, -0.25) is 81.5 Å². The van der Waals surface area contributed by atoms with Crippen LogP contribution >= 0.6 is 0 Å². The standard InChI is InChI=1S/C25H32O12.C18H26O12.C15H22O10.C12H20O9.C7H14O3.CH4O/c1-15-22(35-16(2)26)23(36-17(3)27)24(37-18(4)28)25(34-15)32-13-11-20(29)31-12-10-21(30)33-14-19-8-6-5-7-9-19;1-9-15(28-10(2)19)16(29-11(3)20)17(30-12(4)21)18(27-9)26-8-6-14(24)25-7-5-13(22)23;1-7-12(23-8(2)16)13(24-9(3)17)14(25-10(4)18)15(22-7)21-6-5-11(19)20;1-6-9(16)10(17)11(18)12(21-6)20-5-3-8(15)19-4-2-7(13)14;1-2-3-6-10-7(9)4-5-8;1-2/h5-9,15,22-25H,10-14H2,1-4H3;9,15-18H,5-8H2,1-4H3,(H,22,23);7,12-15H,5-6H2,1-4H3,(H,19,20);6,9-12,16-18H,2-5H2,1H3,(H,13,14);8H,2-6H2,1H3;2H,1H3/t15?,22-,23-,24?,25+;9?,15-,16-,17?,18+;7?,12-,13-,14?,15+;6?,9-,10-,11?,12+;;/m0000../s1. The quantitative estimate of drug-likeness (QED) is 0.0245. The Bertz CT molecular complexity index is 3500. The zero-order valence-electron chi connectivity index (χ0n) is 72.1. The average molecular weight is 1810 g/mol. The molecule has 4 aliphatic heterocycles. The number of carboxylic acids is 3. The molecule has 8 unspecified atom stereocenters. The van der Waals surface area contributed by atoms with E-state index in [1.54, 1.807) is 20.8 Å². The first-order chi connectivity index (χ1) is 58.8. The Hall–Kier alpha value is -10.3. The summed E-state index contributed by atoms with van der Waals surface area (Å²) < 4.78 is 115. The second-order valence-corrected chi connectivity index (χ2v) is 26.7. The number of aliphatic hydroxyl groups is 5. The topological polar surface area (TPSA) is 655 Å². The van der Waals surface area contributed by atoms with Gasteiger partial charge in [0, 0.05) is 69.4 Å². The van der Waals surface area contributed by atoms with Crippen LogP contribution in [0.2, 0.25) is 0 Å². The summed E-state index contributed by atoms with van der Waals surface area (Å²) in [7, 11) is 1.00. The Morgan fingerprint density at radius 2 is 0.560 bits per heavy atom. The SMILES string of the molecule is CC(=O)OC1[C@H](OCCC(=O)O)OC(C)[C@H](OC(C)=O)[C@@H]1OC(C)=O.CC(=O)OC1[C@H](OCCC(=O)OCCC(=O)O)OC(C)[C@H](OC(C)=O)[C@@H]1OC(C)=O.CC(=O)OC1[C@H](OCCC(=O)OCCC(=O)OCc2ccccc2)OC(C)[C@H](OC(C)=O)[C@@H]1OC(C)=O.CC1O[C@@H](OCCC(=O)OCCC(=O)O)C(O)[C@@H](O)[C@H]1O.CCCCOC(=O)CCO.CO. The number of carbonyl (C=O) groups is 17. The lowest BCUT2D eigenvalue weighted by Gasteiger charge is -2.43. The van der Waals surface area contributed by atoms with Crippen LogP contribution < -0.4 is 0 Å². The zero-order valence-corrected chi connectivity index (χ0v) is 72.1. The fourth-order valence-corrected chi connectivity index (χ4v) is 10.8. The number of ether oxygens (including phenoxy) is 22. The monoisotopic (exact) mass is 1810 g/mol. The third kappa shape index (κ3) is 49.8. The van der Waals surface area contributed by atoms with Crippen molar-refractivity contribution in [3.63, 3.8) is 0 Å². The fourth-order valence-electron chi connectivity index (χ4n) is 10.8. The van der Waals surface area contributed by atoms with E-state index in [0.717, 1.165) is 74.0 Å². The van der Waals surface area contributed by atoms with E-state index in [9.17, 15) is 96.8 Å². The minimum absolute atomic E-state index is 0.112. The number of hydrogen-bond donors (Lipinski definition) is 8. The summed E-state index contributed by atoms with van der Waals surface area (Å²) >= 11 is 0. The van der Waals surface area contributed by atoms with Crippen molar-refractivity contribution in [1.82, 2.24) is 0 Å². The zero-order chi connectivity index (χ0) is 95.2. The maximum absolute atomic E-state index is 12.0. The molecule has 5 rings (SSSR count). The normalized spacial score (nSPS) is 25.0. The van der Waals surface area contributed by atoms with Crippen LogP contribution in [0.5, 0.6) is 0 Å². The van der Waals surface area contributed by atoms with Crippen molar-refractivity contribution >= 4 is 101 Å². The van der Waals surface area contributed by atoms with Crippen LogP contribution in [0.1, 0.15) is 167 Å². The van der Waals surface area contributed by atoms with Gasteiger partial charge in [0.05, 0.1) is 115 Å². The van der Waals surface area contributed by atoms with E-state index < -0.39 is 218 Å². The van der Waals surface area contributed by atoms with Gasteiger partial charge in [-0.15, -0.1) is 0 Å². The van der Waals surface area contributed by atoms with E-state index in [1.807, 2.05) is 37.3 Å². The molecule has 0 saturated carbocycles. The molecule has 20 atom stereocenters. The highest BCUT2D eigenvalue weighted by molar-refractivity contribution is 5.74. The molecule has 4 heterocycles. The molecule has 47 nitrogen and oxygen atoms in total. The lowest BCUT2D eigenvalue weighted by Crippen LogP contribution is -2.61. The van der Waals surface area contributed by atoms with E-state index in [2.05, 4.69) is 4.74 Å². The van der Waals surface area contributed by atoms with Gasteiger partial charge in [0.1, 0.15) is 44.7 Å². The van der Waals surface area contributed by atoms with Crippen LogP contribution in [-0.4, -0.2) is 332 Å². The number of carboxylic acid groups (broad SMARTS) is 3. The molecule has 0 amide bonds. The molecule has 47 heteroatoms. The van der Waals surface area contributed by atoms with Gasteiger partial charge in [0.15, 0.2) is 80.1 Å². The first kappa shape index (κ1) is 115. The number of benzene rings is 1. The highest BCUT2D eigenvalue weighted by Gasteiger charge is 2.54. The summed E-state index contributed by atoms with van der Waals surface area (Å²) in [4.78, 5) is 192. The molecule has 1 aromatic carbocycles. The summed E-state index contributed by atoms with van der Waals surface area (Å²) in [6, 6.07) is 9.15. The highest BCUT2D eigenvalue weighted by atomic mass is 16.8. The maximum atomic E-state index is 12.0. The summed E-state index contributed by atoms with van der Waals surface area (Å²) in [5, 5.41) is 69.6. The van der Waals surface area contributed by atoms with Crippen LogP contribution in [0.25, 0.3) is 0 Å². The second-order valence-electron chi connectivity index (χ2n) is 26.7. The lowest BCUT2D eigenvalue weighted by atomic mass is 9.99. The van der Waals surface area contributed by atoms with E-state index in [1.165, 1.54) is 20.8 Å². The van der Waals surface area contributed by atoms with Gasteiger partial charge < -0.3 is 145 Å². The molecule has 4 aliphatic rings. The van der Waals surface area contributed by atoms with E-state index in [0.29, 0.717) is 6.61 Å². The Morgan fingerprint density at radius 1 is 0.304 bits per heavy atom. The Balaban J connectivity index is 0.00000159. The van der Waals surface area contributed by atoms with Gasteiger partial charge >= 0.3 is 101 Å². The fraction of sp³-hybridized carbons (Fsp3) is 0.705. The second kappa shape index (κ2) is 63.6. The number of carbonyl (C=O) groups excluding carboxylic acids is 14. The molecule has 8 N–H and O–H groups in total. The molecule has 0 aliphatic carbocycles. The number of hydrogen-bond acceptors (Lipinski definition) is 44. The molecule has 0 bridgehead atoms. The number of esters is 14. The molecule has 0 aromatic heterocycles. The Morgan fingerprint density at radius 3 is 0.872 bits per heavy atom. The summed E-state index contributed by atoms with van der Waals surface area (Å²) in [6.45, 7) is 17.6. The molecular weight excluding hydrogens is 1690 g/mol. The average Bonchev–Trinajstić information content (AvgIpc) is 0.808. The first-order valence-corrected chi connectivity index (χ1v) is 39.0. The van der Waals surface area contributed by atoms with Gasteiger partial charge in [-0.1, -0.05) is 43.7 Å². The van der Waals surface area contributed by atoms with Gasteiger partial charge in [-0.2, -0.15) is 0 Å². The van der Waals surface area contributed by atoms with Gasteiger partial charge in [0.25, 0.3) is 0 Å². The molecule has 0 spiro atoms. The molecule has 4 saturated heterocycles. The smallest absolute Gasteiger partial charge is 0.309 e. The minimum Gasteiger partial charge on any atom is -0.481 e. The van der Waals surface area contributed by atoms with Crippen molar-refractivity contribution in [3.05, 3.63) is 35.9 Å². The van der Waals surface area contributed by atoms with E-state index in [-0.39, 0.29) is 117 Å². The van der Waals surface area contributed by atoms with Crippen LogP contribution in [0, 0.1) is 0 Å². The summed E-state index contributed by atoms with van der Waals surface area (Å²) in [5.41, 5.74) is 0.839. The van der Waals surface area contributed by atoms with Crippen molar-refractivity contribution in [3.8, 4) is 0 Å². The number of rotatable bonds is 41. The molecule has 125 heavy (non-hydrogen) atoms. The number of aliphatic hydroxyl groups excluding tert-OH is 5. The minimum atomic E-state index is -1.43. The largest absolute Gasteiger partial charge is 0.481 e. The predicted octanol–water partition coefficient (Wildman–Crippen LogP) is 0.137. The Labute approximate surface area is 718 Å². The first-order valence-electron chi connectivity index (χ1n) is 39.0. The highest BCUT2D eigenvalue weighted by Crippen LogP contribution is 2.33. The maximum Gasteiger partial charge on any atom is 0.309 e. The van der Waals surface area contributed by atoms with E-state index >= 15 is 0 Å². The van der Waals surface area contributed by atoms with Crippen molar-refractivity contribution in [1.29, 1.82) is 0 Å². The summed E-state index contributed by atoms with van der Waals surface area (Å²) in [6.07, 6.45) is -22.0. The van der Waals surface area contributed by atoms with Crippen molar-refractivity contribution in [2.75, 3.05) is 66.6 Å². The predicted molar refractivity (Wildman–Crippen MR) is 409 cm³/mol. The summed E-state index contributed by atoms with van der Waals surface area (Å²) in [5.74, 6) is -12.2. The Kier molecular flexibility index (Phi) is 58.3. The number of aliphatic carboxylic acids is 3. The van der Waals surface area contributed by atoms with Crippen molar-refractivity contribution in [2.24, 2.45) is 0 Å². The van der Waals surface area contributed by atoms with Gasteiger partial charge in [-0.05, 0) is 39.7 Å². The van der Waals surface area contributed by atoms with Crippen LogP contribution in [0.4, 0.5) is 0 Å². The van der Waals surface area contributed by atoms with Crippen molar-refractivity contribution < 1.29 is 227 Å². The molecule has 4 fully saturated rings. The molecule has 0 radical (unpaired) electrons. The van der Waals surface area contributed by atoms with Gasteiger partial charge in [-0.25, -0.2) is 0 Å². The lowest BCUT2D eigenvalue weighted by molar-refractivity contribution is -0.300. The molecule has 1 aromatic rings.